The molecule has 2 saturated heterocycles. The molecule has 5 atom stereocenters. The summed E-state index contributed by atoms with van der Waals surface area (Å²) in [5.74, 6) is 2.23. The van der Waals surface area contributed by atoms with Crippen LogP contribution in [0.25, 0.3) is 0 Å². The van der Waals surface area contributed by atoms with Crippen LogP contribution in [0, 0.1) is 23.2 Å². The van der Waals surface area contributed by atoms with Gasteiger partial charge in [0.05, 0.1) is 12.7 Å². The topological polar surface area (TPSA) is 48.1 Å². The lowest BCUT2D eigenvalue weighted by Crippen LogP contribution is -3.15. The average molecular weight is 398 g/mol. The molecule has 2 aliphatic carbocycles. The van der Waals surface area contributed by atoms with Gasteiger partial charge >= 0.3 is 5.97 Å². The Kier molecular flexibility index (Phi) is 4.89. The standard InChI is InChI=1S/C24H33N3O2/c1-17-6-5-8-24(2)15-21-18(14-20(17)24)19(23(28)29-21)16-26-10-12-27(13-11-26)22-7-3-4-9-25-22/h3-4,7,9,14,17-19,21H,5-6,8,10-13,15-16H2,1-2H3/p+2/t17-,18+,19-,21+,24+/m0/s1. The van der Waals surface area contributed by atoms with Crippen molar-refractivity contribution in [1.82, 2.24) is 0 Å². The summed E-state index contributed by atoms with van der Waals surface area (Å²) >= 11 is 0. The predicted molar refractivity (Wildman–Crippen MR) is 111 cm³/mol. The highest BCUT2D eigenvalue weighted by Gasteiger charge is 2.53. The molecule has 1 aromatic rings. The number of piperazine rings is 1. The van der Waals surface area contributed by atoms with E-state index in [2.05, 4.69) is 41.9 Å². The van der Waals surface area contributed by atoms with Gasteiger partial charge in [-0.05, 0) is 36.7 Å². The van der Waals surface area contributed by atoms with E-state index in [1.165, 1.54) is 25.1 Å². The first-order valence-electron chi connectivity index (χ1n) is 11.5. The van der Waals surface area contributed by atoms with Gasteiger partial charge in [0, 0.05) is 12.0 Å². The summed E-state index contributed by atoms with van der Waals surface area (Å²) in [6.07, 6.45) is 9.45. The number of nitrogens with zero attached hydrogens (tertiary/aromatic N) is 1. The van der Waals surface area contributed by atoms with E-state index in [4.69, 9.17) is 4.74 Å². The molecule has 2 aliphatic heterocycles. The third-order valence-electron chi connectivity index (χ3n) is 8.09. The Hall–Kier alpha value is -1.88. The molecule has 4 aliphatic rings. The normalized spacial score (nSPS) is 37.5. The number of nitrogens with one attached hydrogen (secondary N) is 2. The van der Waals surface area contributed by atoms with Crippen LogP contribution in [-0.4, -0.2) is 44.8 Å². The van der Waals surface area contributed by atoms with Crippen molar-refractivity contribution in [3.63, 3.8) is 0 Å². The Morgan fingerprint density at radius 2 is 2.14 bits per heavy atom. The maximum Gasteiger partial charge on any atom is 0.315 e. The lowest BCUT2D eigenvalue weighted by molar-refractivity contribution is -0.903. The van der Waals surface area contributed by atoms with Gasteiger partial charge in [-0.1, -0.05) is 38.0 Å². The number of allylic oxidation sites excluding steroid dienone is 1. The molecule has 5 rings (SSSR count). The Balaban J connectivity index is 1.27. The first-order chi connectivity index (χ1) is 14.0. The maximum absolute atomic E-state index is 12.8. The number of hydrogen-bond acceptors (Lipinski definition) is 3. The number of aromatic amines is 1. The van der Waals surface area contributed by atoms with Gasteiger partial charge in [0.1, 0.15) is 38.2 Å². The quantitative estimate of drug-likeness (QED) is 0.622. The van der Waals surface area contributed by atoms with Crippen molar-refractivity contribution in [1.29, 1.82) is 0 Å². The van der Waals surface area contributed by atoms with Crippen LogP contribution in [-0.2, 0) is 9.53 Å². The molecule has 1 saturated carbocycles. The molecule has 3 heterocycles. The summed E-state index contributed by atoms with van der Waals surface area (Å²) in [4.78, 5) is 20.1. The Labute approximate surface area is 174 Å². The highest BCUT2D eigenvalue weighted by atomic mass is 16.6. The number of quaternary nitrogens is 1. The zero-order chi connectivity index (χ0) is 20.0. The van der Waals surface area contributed by atoms with Crippen LogP contribution in [0.1, 0.15) is 39.5 Å². The summed E-state index contributed by atoms with van der Waals surface area (Å²) in [6.45, 7) is 9.91. The van der Waals surface area contributed by atoms with E-state index in [1.807, 2.05) is 12.3 Å². The highest BCUT2D eigenvalue weighted by molar-refractivity contribution is 5.76. The van der Waals surface area contributed by atoms with E-state index < -0.39 is 0 Å². The number of pyridine rings is 1. The number of carbonyl (C=O) groups excluding carboxylic acids is 1. The molecule has 0 unspecified atom stereocenters. The fraction of sp³-hybridized carbons (Fsp3) is 0.667. The SMILES string of the molecule is C[C@H]1CCC[C@]2(C)C[C@H]3OC(=O)[C@@H](C[NH+]4CCN(c5cccc[nH+]5)CC4)[C@H]3C=C12. The molecule has 0 radical (unpaired) electrons. The Morgan fingerprint density at radius 3 is 2.90 bits per heavy atom. The molecule has 0 aromatic carbocycles. The van der Waals surface area contributed by atoms with E-state index >= 15 is 0 Å². The van der Waals surface area contributed by atoms with Gasteiger partial charge in [-0.2, -0.15) is 0 Å². The molecule has 5 heteroatoms. The maximum atomic E-state index is 12.8. The summed E-state index contributed by atoms with van der Waals surface area (Å²) in [6, 6.07) is 6.24. The van der Waals surface area contributed by atoms with Crippen LogP contribution in [0.5, 0.6) is 0 Å². The minimum Gasteiger partial charge on any atom is -0.461 e. The molecule has 0 bridgehead atoms. The molecule has 5 nitrogen and oxygen atoms in total. The van der Waals surface area contributed by atoms with Crippen molar-refractivity contribution in [2.24, 2.45) is 23.2 Å². The average Bonchev–Trinajstić information content (AvgIpc) is 3.01. The molecule has 0 amide bonds. The molecular formula is C24H35N3O2+2. The van der Waals surface area contributed by atoms with E-state index in [0.717, 1.165) is 39.1 Å². The molecule has 0 spiro atoms. The van der Waals surface area contributed by atoms with Crippen LogP contribution in [0.15, 0.2) is 36.0 Å². The first kappa shape index (κ1) is 19.1. The third-order valence-corrected chi connectivity index (χ3v) is 8.09. The van der Waals surface area contributed by atoms with Crippen LogP contribution < -0.4 is 14.8 Å². The number of fused-ring (bicyclic) bond motifs is 2. The summed E-state index contributed by atoms with van der Waals surface area (Å²) in [5.41, 5.74) is 1.87. The number of ether oxygens (including phenoxy) is 1. The smallest absolute Gasteiger partial charge is 0.315 e. The largest absolute Gasteiger partial charge is 0.461 e. The van der Waals surface area contributed by atoms with Gasteiger partial charge < -0.3 is 9.64 Å². The van der Waals surface area contributed by atoms with Crippen molar-refractivity contribution in [2.45, 2.75) is 45.6 Å². The van der Waals surface area contributed by atoms with Crippen LogP contribution in [0.2, 0.25) is 0 Å². The minimum atomic E-state index is 0.0380. The second kappa shape index (κ2) is 7.42. The molecule has 1 aromatic heterocycles. The van der Waals surface area contributed by atoms with Crippen molar-refractivity contribution < 1.29 is 19.4 Å². The van der Waals surface area contributed by atoms with Gasteiger partial charge in [0.15, 0.2) is 0 Å². The zero-order valence-electron chi connectivity index (χ0n) is 17.8. The third kappa shape index (κ3) is 3.48. The van der Waals surface area contributed by atoms with Crippen molar-refractivity contribution in [3.8, 4) is 0 Å². The number of hydrogen-bond donors (Lipinski definition) is 1. The number of anilines is 1. The van der Waals surface area contributed by atoms with Crippen LogP contribution in [0.3, 0.4) is 0 Å². The number of carbonyl (C=O) groups is 1. The van der Waals surface area contributed by atoms with Crippen molar-refractivity contribution in [3.05, 3.63) is 36.0 Å². The molecule has 3 fully saturated rings. The van der Waals surface area contributed by atoms with Crippen LogP contribution in [0.4, 0.5) is 5.82 Å². The minimum absolute atomic E-state index is 0.0380. The second-order valence-corrected chi connectivity index (χ2v) is 10.0. The molecule has 29 heavy (non-hydrogen) atoms. The summed E-state index contributed by atoms with van der Waals surface area (Å²) < 4.78 is 5.95. The van der Waals surface area contributed by atoms with Gasteiger partial charge in [-0.25, -0.2) is 4.98 Å². The zero-order valence-corrected chi connectivity index (χ0v) is 17.8. The van der Waals surface area contributed by atoms with E-state index in [1.54, 1.807) is 10.5 Å². The van der Waals surface area contributed by atoms with E-state index in [-0.39, 0.29) is 23.4 Å². The molecular weight excluding hydrogens is 362 g/mol. The van der Waals surface area contributed by atoms with E-state index in [9.17, 15) is 4.79 Å². The number of rotatable bonds is 3. The van der Waals surface area contributed by atoms with Gasteiger partial charge in [0.25, 0.3) is 5.82 Å². The van der Waals surface area contributed by atoms with Crippen molar-refractivity contribution in [2.75, 3.05) is 37.6 Å². The summed E-state index contributed by atoms with van der Waals surface area (Å²) in [5, 5.41) is 0. The monoisotopic (exact) mass is 397 g/mol. The lowest BCUT2D eigenvalue weighted by Gasteiger charge is -2.46. The number of esters is 1. The first-order valence-corrected chi connectivity index (χ1v) is 11.5. The lowest BCUT2D eigenvalue weighted by atomic mass is 9.59. The van der Waals surface area contributed by atoms with Gasteiger partial charge in [0.2, 0.25) is 0 Å². The number of H-pyrrole nitrogens is 1. The fourth-order valence-electron chi connectivity index (χ4n) is 6.44. The Morgan fingerprint density at radius 1 is 1.31 bits per heavy atom. The van der Waals surface area contributed by atoms with E-state index in [0.29, 0.717) is 11.8 Å². The van der Waals surface area contributed by atoms with Crippen molar-refractivity contribution >= 4 is 11.8 Å². The number of aromatic nitrogens is 1. The van der Waals surface area contributed by atoms with Gasteiger partial charge in [-0.3, -0.25) is 9.69 Å². The molecule has 156 valence electrons. The van der Waals surface area contributed by atoms with Crippen LogP contribution >= 0.6 is 0 Å². The highest BCUT2D eigenvalue weighted by Crippen LogP contribution is 2.53. The molecule has 2 N–H and O–H groups in total. The second-order valence-electron chi connectivity index (χ2n) is 10.0. The fourth-order valence-corrected chi connectivity index (χ4v) is 6.44. The summed E-state index contributed by atoms with van der Waals surface area (Å²) in [7, 11) is 0. The predicted octanol–water partition coefficient (Wildman–Crippen LogP) is 1.52. The van der Waals surface area contributed by atoms with Gasteiger partial charge in [-0.15, -0.1) is 0 Å². The Bertz CT molecular complexity index is 787.